The molecule has 2 aromatic rings. The van der Waals surface area contributed by atoms with Crippen molar-refractivity contribution in [1.29, 1.82) is 0 Å². The third kappa shape index (κ3) is 2.36. The minimum atomic E-state index is 0.0878. The fourth-order valence-electron chi connectivity index (χ4n) is 2.57. The number of nitrogens with one attached hydrogen (secondary N) is 1. The van der Waals surface area contributed by atoms with Gasteiger partial charge >= 0.3 is 0 Å². The van der Waals surface area contributed by atoms with Crippen LogP contribution >= 0.6 is 0 Å². The van der Waals surface area contributed by atoms with Crippen LogP contribution in [0.25, 0.3) is 0 Å². The summed E-state index contributed by atoms with van der Waals surface area (Å²) in [5.41, 5.74) is 4.56. The first-order valence-electron chi connectivity index (χ1n) is 6.40. The van der Waals surface area contributed by atoms with Crippen LogP contribution in [0.15, 0.2) is 24.3 Å². The summed E-state index contributed by atoms with van der Waals surface area (Å²) in [6, 6.07) is 8.18. The first-order valence-corrected chi connectivity index (χ1v) is 6.40. The molecule has 0 spiro atoms. The summed E-state index contributed by atoms with van der Waals surface area (Å²) < 4.78 is 7.39. The monoisotopic (exact) mass is 259 g/mol. The molecule has 4 nitrogen and oxygen atoms in total. The Balaban J connectivity index is 2.56. The van der Waals surface area contributed by atoms with Gasteiger partial charge in [0.25, 0.3) is 0 Å². The summed E-state index contributed by atoms with van der Waals surface area (Å²) in [5, 5.41) is 7.87. The van der Waals surface area contributed by atoms with Crippen molar-refractivity contribution >= 4 is 0 Å². The van der Waals surface area contributed by atoms with Gasteiger partial charge in [0.15, 0.2) is 0 Å². The molecule has 1 N–H and O–H groups in total. The predicted octanol–water partition coefficient (Wildman–Crippen LogP) is 2.35. The van der Waals surface area contributed by atoms with Gasteiger partial charge in [-0.2, -0.15) is 5.10 Å². The summed E-state index contributed by atoms with van der Waals surface area (Å²) in [6.45, 7) is 4.14. The Morgan fingerprint density at radius 3 is 2.47 bits per heavy atom. The second kappa shape index (κ2) is 5.45. The number of nitrogens with zero attached hydrogens (tertiary/aromatic N) is 2. The maximum Gasteiger partial charge on any atom is 0.123 e. The maximum atomic E-state index is 5.47. The van der Waals surface area contributed by atoms with E-state index in [0.717, 1.165) is 17.0 Å². The van der Waals surface area contributed by atoms with E-state index in [2.05, 4.69) is 23.4 Å². The van der Waals surface area contributed by atoms with E-state index >= 15 is 0 Å². The van der Waals surface area contributed by atoms with Crippen LogP contribution in [0.4, 0.5) is 0 Å². The molecule has 0 bridgehead atoms. The summed E-state index contributed by atoms with van der Waals surface area (Å²) in [4.78, 5) is 0. The molecule has 1 aromatic carbocycles. The Labute approximate surface area is 114 Å². The van der Waals surface area contributed by atoms with Gasteiger partial charge in [0.05, 0.1) is 18.8 Å². The van der Waals surface area contributed by atoms with Crippen molar-refractivity contribution in [3.05, 3.63) is 46.8 Å². The predicted molar refractivity (Wildman–Crippen MR) is 76.6 cm³/mol. The Kier molecular flexibility index (Phi) is 3.90. The average molecular weight is 259 g/mol. The molecule has 0 aliphatic rings. The van der Waals surface area contributed by atoms with Crippen LogP contribution in [0, 0.1) is 13.8 Å². The van der Waals surface area contributed by atoms with Crippen molar-refractivity contribution < 1.29 is 4.74 Å². The van der Waals surface area contributed by atoms with E-state index in [-0.39, 0.29) is 6.04 Å². The van der Waals surface area contributed by atoms with Gasteiger partial charge in [0, 0.05) is 23.9 Å². The topological polar surface area (TPSA) is 39.1 Å². The summed E-state index contributed by atoms with van der Waals surface area (Å²) in [6.07, 6.45) is 0. The van der Waals surface area contributed by atoms with Crippen LogP contribution in [0.1, 0.15) is 28.6 Å². The molecule has 2 rings (SSSR count). The molecule has 0 aliphatic carbocycles. The molecule has 19 heavy (non-hydrogen) atoms. The number of ether oxygens (including phenoxy) is 1. The molecular weight excluding hydrogens is 238 g/mol. The molecule has 0 fully saturated rings. The number of benzene rings is 1. The van der Waals surface area contributed by atoms with Crippen molar-refractivity contribution in [2.24, 2.45) is 7.05 Å². The number of hydrogen-bond donors (Lipinski definition) is 1. The molecule has 1 heterocycles. The van der Waals surface area contributed by atoms with Gasteiger partial charge in [-0.15, -0.1) is 0 Å². The summed E-state index contributed by atoms with van der Waals surface area (Å²) >= 11 is 0. The average Bonchev–Trinajstić information content (AvgIpc) is 2.67. The van der Waals surface area contributed by atoms with Crippen LogP contribution in [-0.2, 0) is 7.05 Å². The molecule has 4 heteroatoms. The third-order valence-electron chi connectivity index (χ3n) is 3.59. The number of aryl methyl sites for hydroxylation is 2. The summed E-state index contributed by atoms with van der Waals surface area (Å²) in [5.74, 6) is 0.893. The van der Waals surface area contributed by atoms with Crippen LogP contribution < -0.4 is 10.1 Å². The van der Waals surface area contributed by atoms with Gasteiger partial charge in [-0.1, -0.05) is 18.2 Å². The molecule has 1 atom stereocenters. The van der Waals surface area contributed by atoms with Crippen molar-refractivity contribution in [2.45, 2.75) is 19.9 Å². The molecule has 1 unspecified atom stereocenters. The molecule has 0 aliphatic heterocycles. The fourth-order valence-corrected chi connectivity index (χ4v) is 2.57. The van der Waals surface area contributed by atoms with Gasteiger partial charge in [0.1, 0.15) is 5.75 Å². The first kappa shape index (κ1) is 13.6. The van der Waals surface area contributed by atoms with E-state index in [0.29, 0.717) is 0 Å². The largest absolute Gasteiger partial charge is 0.496 e. The minimum Gasteiger partial charge on any atom is -0.496 e. The fraction of sp³-hybridized carbons (Fsp3) is 0.400. The van der Waals surface area contributed by atoms with Crippen molar-refractivity contribution in [3.8, 4) is 5.75 Å². The summed E-state index contributed by atoms with van der Waals surface area (Å²) in [7, 11) is 5.64. The lowest BCUT2D eigenvalue weighted by molar-refractivity contribution is 0.405. The number of para-hydroxylation sites is 1. The van der Waals surface area contributed by atoms with Gasteiger partial charge in [-0.25, -0.2) is 0 Å². The maximum absolute atomic E-state index is 5.47. The zero-order chi connectivity index (χ0) is 14.0. The zero-order valence-corrected chi connectivity index (χ0v) is 12.2. The SMILES string of the molecule is CNC(c1ccccc1OC)c1c(C)nn(C)c1C. The van der Waals surface area contributed by atoms with E-state index in [9.17, 15) is 0 Å². The van der Waals surface area contributed by atoms with Crippen LogP contribution in [-0.4, -0.2) is 23.9 Å². The number of methoxy groups -OCH3 is 1. The molecule has 0 amide bonds. The highest BCUT2D eigenvalue weighted by molar-refractivity contribution is 5.44. The van der Waals surface area contributed by atoms with E-state index in [4.69, 9.17) is 4.74 Å². The van der Waals surface area contributed by atoms with E-state index in [1.54, 1.807) is 7.11 Å². The lowest BCUT2D eigenvalue weighted by Gasteiger charge is -2.20. The number of hydrogen-bond acceptors (Lipinski definition) is 3. The molecule has 0 saturated heterocycles. The van der Waals surface area contributed by atoms with E-state index < -0.39 is 0 Å². The Hall–Kier alpha value is -1.81. The van der Waals surface area contributed by atoms with Crippen LogP contribution in [0.5, 0.6) is 5.75 Å². The Morgan fingerprint density at radius 1 is 1.26 bits per heavy atom. The second-order valence-corrected chi connectivity index (χ2v) is 4.67. The van der Waals surface area contributed by atoms with Gasteiger partial charge in [-0.3, -0.25) is 4.68 Å². The lowest BCUT2D eigenvalue weighted by atomic mass is 9.96. The standard InChI is InChI=1S/C15H21N3O/c1-10-14(11(2)18(4)17-10)15(16-3)12-8-6-7-9-13(12)19-5/h6-9,15-16H,1-5H3. The smallest absolute Gasteiger partial charge is 0.123 e. The van der Waals surface area contributed by atoms with E-state index in [1.165, 1.54) is 11.3 Å². The van der Waals surface area contributed by atoms with Gasteiger partial charge < -0.3 is 10.1 Å². The molecule has 1 aromatic heterocycles. The lowest BCUT2D eigenvalue weighted by Crippen LogP contribution is -2.20. The number of rotatable bonds is 4. The van der Waals surface area contributed by atoms with Gasteiger partial charge in [-0.05, 0) is 27.0 Å². The zero-order valence-electron chi connectivity index (χ0n) is 12.2. The van der Waals surface area contributed by atoms with Gasteiger partial charge in [0.2, 0.25) is 0 Å². The van der Waals surface area contributed by atoms with E-state index in [1.807, 2.05) is 43.9 Å². The highest BCUT2D eigenvalue weighted by Gasteiger charge is 2.22. The highest BCUT2D eigenvalue weighted by atomic mass is 16.5. The molecule has 0 saturated carbocycles. The van der Waals surface area contributed by atoms with Crippen molar-refractivity contribution in [3.63, 3.8) is 0 Å². The second-order valence-electron chi connectivity index (χ2n) is 4.67. The molecule has 0 radical (unpaired) electrons. The minimum absolute atomic E-state index is 0.0878. The van der Waals surface area contributed by atoms with Crippen LogP contribution in [0.3, 0.4) is 0 Å². The highest BCUT2D eigenvalue weighted by Crippen LogP contribution is 2.32. The first-order chi connectivity index (χ1) is 9.10. The molecular formula is C15H21N3O. The van der Waals surface area contributed by atoms with Crippen molar-refractivity contribution in [2.75, 3.05) is 14.2 Å². The Bertz CT molecular complexity index is 575. The molecule has 102 valence electrons. The Morgan fingerprint density at radius 2 is 1.95 bits per heavy atom. The number of aromatic nitrogens is 2. The van der Waals surface area contributed by atoms with Crippen LogP contribution in [0.2, 0.25) is 0 Å². The third-order valence-corrected chi connectivity index (χ3v) is 3.59. The normalized spacial score (nSPS) is 12.5. The quantitative estimate of drug-likeness (QED) is 0.916. The van der Waals surface area contributed by atoms with Crippen molar-refractivity contribution in [1.82, 2.24) is 15.1 Å².